The second-order valence-electron chi connectivity index (χ2n) is 4.98. The van der Waals surface area contributed by atoms with Gasteiger partial charge in [0.1, 0.15) is 0 Å². The van der Waals surface area contributed by atoms with Gasteiger partial charge in [0.05, 0.1) is 10.7 Å². The second-order valence-corrected chi connectivity index (χ2v) is 5.39. The SMILES string of the molecule is CN(CC1CCNCC1)C(=O)Nc1ccccc1Cl. The lowest BCUT2D eigenvalue weighted by Gasteiger charge is -2.27. The van der Waals surface area contributed by atoms with E-state index in [1.165, 1.54) is 0 Å². The zero-order valence-corrected chi connectivity index (χ0v) is 11.9. The summed E-state index contributed by atoms with van der Waals surface area (Å²) in [5.41, 5.74) is 0.659. The third-order valence-corrected chi connectivity index (χ3v) is 3.78. The Balaban J connectivity index is 1.87. The Morgan fingerprint density at radius 2 is 2.11 bits per heavy atom. The Bertz CT molecular complexity index is 432. The lowest BCUT2D eigenvalue weighted by atomic mass is 9.98. The number of hydrogen-bond acceptors (Lipinski definition) is 2. The van der Waals surface area contributed by atoms with Gasteiger partial charge in [-0.05, 0) is 44.0 Å². The minimum absolute atomic E-state index is 0.105. The molecule has 104 valence electrons. The fourth-order valence-corrected chi connectivity index (χ4v) is 2.49. The minimum atomic E-state index is -0.105. The number of nitrogens with zero attached hydrogens (tertiary/aromatic N) is 1. The molecule has 0 aromatic heterocycles. The summed E-state index contributed by atoms with van der Waals surface area (Å²) in [6, 6.07) is 7.17. The number of benzene rings is 1. The van der Waals surface area contributed by atoms with Crippen molar-refractivity contribution in [3.8, 4) is 0 Å². The van der Waals surface area contributed by atoms with Crippen molar-refractivity contribution in [1.82, 2.24) is 10.2 Å². The number of hydrogen-bond donors (Lipinski definition) is 2. The molecule has 0 aliphatic carbocycles. The van der Waals surface area contributed by atoms with E-state index in [9.17, 15) is 4.79 Å². The van der Waals surface area contributed by atoms with Crippen LogP contribution in [0.25, 0.3) is 0 Å². The quantitative estimate of drug-likeness (QED) is 0.895. The fraction of sp³-hybridized carbons (Fsp3) is 0.500. The van der Waals surface area contributed by atoms with Gasteiger partial charge in [-0.2, -0.15) is 0 Å². The van der Waals surface area contributed by atoms with Crippen molar-refractivity contribution in [2.24, 2.45) is 5.92 Å². The number of anilines is 1. The Labute approximate surface area is 119 Å². The van der Waals surface area contributed by atoms with Crippen LogP contribution < -0.4 is 10.6 Å². The lowest BCUT2D eigenvalue weighted by Crippen LogP contribution is -2.39. The van der Waals surface area contributed by atoms with Crippen molar-refractivity contribution >= 4 is 23.3 Å². The van der Waals surface area contributed by atoms with E-state index in [1.54, 1.807) is 17.0 Å². The van der Waals surface area contributed by atoms with Gasteiger partial charge in [0.25, 0.3) is 0 Å². The summed E-state index contributed by atoms with van der Waals surface area (Å²) in [6.07, 6.45) is 2.26. The van der Waals surface area contributed by atoms with Crippen LogP contribution in [0.15, 0.2) is 24.3 Å². The molecule has 2 N–H and O–H groups in total. The van der Waals surface area contributed by atoms with Gasteiger partial charge in [-0.3, -0.25) is 0 Å². The maximum absolute atomic E-state index is 12.1. The number of carbonyl (C=O) groups is 1. The highest BCUT2D eigenvalue weighted by Gasteiger charge is 2.18. The van der Waals surface area contributed by atoms with Crippen molar-refractivity contribution < 1.29 is 4.79 Å². The molecule has 1 aromatic rings. The van der Waals surface area contributed by atoms with E-state index >= 15 is 0 Å². The standard InChI is InChI=1S/C14H20ClN3O/c1-18(10-11-6-8-16-9-7-11)14(19)17-13-5-3-2-4-12(13)15/h2-5,11,16H,6-10H2,1H3,(H,17,19). The number of rotatable bonds is 3. The molecule has 1 fully saturated rings. The summed E-state index contributed by atoms with van der Waals surface area (Å²) in [4.78, 5) is 13.8. The fourth-order valence-electron chi connectivity index (χ4n) is 2.31. The van der Waals surface area contributed by atoms with Gasteiger partial charge in [0.15, 0.2) is 0 Å². The Kier molecular flexibility index (Phi) is 5.05. The number of amides is 2. The van der Waals surface area contributed by atoms with Gasteiger partial charge < -0.3 is 15.5 Å². The zero-order valence-electron chi connectivity index (χ0n) is 11.2. The highest BCUT2D eigenvalue weighted by Crippen LogP contribution is 2.21. The van der Waals surface area contributed by atoms with E-state index in [0.717, 1.165) is 32.5 Å². The van der Waals surface area contributed by atoms with Gasteiger partial charge in [0, 0.05) is 13.6 Å². The molecule has 1 aliphatic rings. The smallest absolute Gasteiger partial charge is 0.321 e. The summed E-state index contributed by atoms with van der Waals surface area (Å²) < 4.78 is 0. The Morgan fingerprint density at radius 1 is 1.42 bits per heavy atom. The zero-order chi connectivity index (χ0) is 13.7. The van der Waals surface area contributed by atoms with Crippen LogP contribution in [0.3, 0.4) is 0 Å². The molecule has 0 unspecified atom stereocenters. The van der Waals surface area contributed by atoms with E-state index in [0.29, 0.717) is 16.6 Å². The number of carbonyl (C=O) groups excluding carboxylic acids is 1. The molecule has 1 heterocycles. The average Bonchev–Trinajstić information content (AvgIpc) is 2.42. The molecule has 0 spiro atoms. The maximum Gasteiger partial charge on any atom is 0.321 e. The Hall–Kier alpha value is -1.26. The molecule has 1 aromatic carbocycles. The summed E-state index contributed by atoms with van der Waals surface area (Å²) in [6.45, 7) is 2.88. The first kappa shape index (κ1) is 14.2. The number of para-hydroxylation sites is 1. The normalized spacial score (nSPS) is 16.1. The van der Waals surface area contributed by atoms with Crippen molar-refractivity contribution in [2.75, 3.05) is 32.0 Å². The Morgan fingerprint density at radius 3 is 2.79 bits per heavy atom. The predicted octanol–water partition coefficient (Wildman–Crippen LogP) is 2.80. The van der Waals surface area contributed by atoms with E-state index in [-0.39, 0.29) is 6.03 Å². The van der Waals surface area contributed by atoms with E-state index in [2.05, 4.69) is 10.6 Å². The van der Waals surface area contributed by atoms with Gasteiger partial charge in [-0.1, -0.05) is 23.7 Å². The van der Waals surface area contributed by atoms with Crippen LogP contribution in [0, 0.1) is 5.92 Å². The van der Waals surface area contributed by atoms with Crippen molar-refractivity contribution in [3.05, 3.63) is 29.3 Å². The maximum atomic E-state index is 12.1. The molecule has 0 saturated carbocycles. The van der Waals surface area contributed by atoms with Gasteiger partial charge in [0.2, 0.25) is 0 Å². The highest BCUT2D eigenvalue weighted by atomic mass is 35.5. The third-order valence-electron chi connectivity index (χ3n) is 3.45. The van der Waals surface area contributed by atoms with Crippen molar-refractivity contribution in [3.63, 3.8) is 0 Å². The van der Waals surface area contributed by atoms with Crippen molar-refractivity contribution in [1.29, 1.82) is 0 Å². The number of urea groups is 1. The first-order valence-electron chi connectivity index (χ1n) is 6.64. The van der Waals surface area contributed by atoms with Crippen LogP contribution in [0.5, 0.6) is 0 Å². The molecule has 1 saturated heterocycles. The third kappa shape index (κ3) is 4.11. The molecule has 0 bridgehead atoms. The number of halogens is 1. The van der Waals surface area contributed by atoms with Crippen LogP contribution >= 0.6 is 11.6 Å². The first-order valence-corrected chi connectivity index (χ1v) is 7.02. The van der Waals surface area contributed by atoms with E-state index in [1.807, 2.05) is 19.2 Å². The topological polar surface area (TPSA) is 44.4 Å². The average molecular weight is 282 g/mol. The van der Waals surface area contributed by atoms with Gasteiger partial charge in [-0.15, -0.1) is 0 Å². The largest absolute Gasteiger partial charge is 0.327 e. The monoisotopic (exact) mass is 281 g/mol. The van der Waals surface area contributed by atoms with Crippen LogP contribution in [0.4, 0.5) is 10.5 Å². The van der Waals surface area contributed by atoms with Gasteiger partial charge in [-0.25, -0.2) is 4.79 Å². The lowest BCUT2D eigenvalue weighted by molar-refractivity contribution is 0.206. The van der Waals surface area contributed by atoms with Crippen LogP contribution in [-0.2, 0) is 0 Å². The molecule has 19 heavy (non-hydrogen) atoms. The summed E-state index contributed by atoms with van der Waals surface area (Å²) in [5.74, 6) is 0.586. The van der Waals surface area contributed by atoms with Crippen LogP contribution in [-0.4, -0.2) is 37.6 Å². The summed E-state index contributed by atoms with van der Waals surface area (Å²) in [7, 11) is 1.83. The molecular formula is C14H20ClN3O. The highest BCUT2D eigenvalue weighted by molar-refractivity contribution is 6.33. The molecule has 5 heteroatoms. The molecule has 1 aliphatic heterocycles. The molecule has 4 nitrogen and oxygen atoms in total. The molecule has 2 rings (SSSR count). The van der Waals surface area contributed by atoms with Crippen LogP contribution in [0.1, 0.15) is 12.8 Å². The van der Waals surface area contributed by atoms with Gasteiger partial charge >= 0.3 is 6.03 Å². The van der Waals surface area contributed by atoms with E-state index in [4.69, 9.17) is 11.6 Å². The van der Waals surface area contributed by atoms with Crippen LogP contribution in [0.2, 0.25) is 5.02 Å². The molecule has 2 amide bonds. The molecular weight excluding hydrogens is 262 g/mol. The minimum Gasteiger partial charge on any atom is -0.327 e. The summed E-state index contributed by atoms with van der Waals surface area (Å²) >= 11 is 6.02. The van der Waals surface area contributed by atoms with Crippen molar-refractivity contribution in [2.45, 2.75) is 12.8 Å². The molecule has 0 atom stereocenters. The number of piperidine rings is 1. The summed E-state index contributed by atoms with van der Waals surface area (Å²) in [5, 5.41) is 6.73. The van der Waals surface area contributed by atoms with E-state index < -0.39 is 0 Å². The number of nitrogens with one attached hydrogen (secondary N) is 2. The first-order chi connectivity index (χ1) is 9.16. The predicted molar refractivity (Wildman–Crippen MR) is 78.7 cm³/mol. The second kappa shape index (κ2) is 6.78. The molecule has 0 radical (unpaired) electrons.